The molecule has 0 aliphatic heterocycles. The molecular weight excluding hydrogens is 1600 g/mol. The van der Waals surface area contributed by atoms with Gasteiger partial charge in [0.25, 0.3) is 47.3 Å². The van der Waals surface area contributed by atoms with Crippen LogP contribution in [-0.2, 0) is 104 Å². The van der Waals surface area contributed by atoms with E-state index in [9.17, 15) is 95.5 Å². The summed E-state index contributed by atoms with van der Waals surface area (Å²) in [6, 6.07) is 39.0. The number of aromatic nitrogens is 4. The monoisotopic (exact) mass is 1700 g/mol. The van der Waals surface area contributed by atoms with E-state index in [1.54, 1.807) is 62.4 Å². The van der Waals surface area contributed by atoms with E-state index in [2.05, 4.69) is 63.2 Å². The average Bonchev–Trinajstić information content (AvgIpc) is 1.35. The SMILES string of the molecule is CC(=O)C(=O)NC(C)C(C)=O.CC(=O)C(=O)NC(C)c1ccc(C)c(Cl)c1.CC(=O)C(=O)NC(C)c1ccc(C)c(Cl)c1.CC(=O)C(=O)NC(C)c1ccc(C)c(F)c1.CC(=O)C(=O)NC(C)c1ccc(C)cc1.CC(=O)C(=O)NC(Cc1ccccc1)C(=O)O.CC(=O)C(=O)NC(Cc1ccccc1)c1nn[nH]n1.CC(=O)CNC(=O)C(C)=O. The lowest BCUT2D eigenvalue weighted by atomic mass is 10.1. The molecule has 6 aromatic carbocycles. The molecule has 0 fully saturated rings. The summed E-state index contributed by atoms with van der Waals surface area (Å²) < 4.78 is 13.3. The van der Waals surface area contributed by atoms with Crippen molar-refractivity contribution in [2.75, 3.05) is 6.54 Å². The van der Waals surface area contributed by atoms with Crippen LogP contribution < -0.4 is 42.5 Å². The van der Waals surface area contributed by atoms with Crippen LogP contribution in [0.3, 0.4) is 0 Å². The van der Waals surface area contributed by atoms with Gasteiger partial charge in [-0.2, -0.15) is 5.21 Å². The molecule has 7 atom stereocenters. The van der Waals surface area contributed by atoms with Gasteiger partial charge in [0.2, 0.25) is 46.3 Å². The van der Waals surface area contributed by atoms with E-state index >= 15 is 0 Å². The summed E-state index contributed by atoms with van der Waals surface area (Å²) in [6.07, 6.45) is 0.634. The number of carboxylic acids is 1. The second-order valence-corrected chi connectivity index (χ2v) is 27.7. The zero-order valence-corrected chi connectivity index (χ0v) is 71.6. The number of benzene rings is 6. The maximum atomic E-state index is 13.3. The largest absolute Gasteiger partial charge is 0.480 e. The highest BCUT2D eigenvalue weighted by atomic mass is 35.5. The van der Waals surface area contributed by atoms with Gasteiger partial charge in [-0.25, -0.2) is 9.18 Å². The topological polar surface area (TPSA) is 495 Å². The van der Waals surface area contributed by atoms with Crippen LogP contribution in [0.4, 0.5) is 4.39 Å². The molecule has 7 aromatic rings. The molecule has 0 bridgehead atoms. The van der Waals surface area contributed by atoms with Gasteiger partial charge in [0, 0.05) is 78.3 Å². The van der Waals surface area contributed by atoms with Crippen LogP contribution in [0.15, 0.2) is 140 Å². The molecule has 8 amide bonds. The van der Waals surface area contributed by atoms with Crippen LogP contribution in [0.2, 0.25) is 10.0 Å². The summed E-state index contributed by atoms with van der Waals surface area (Å²) in [4.78, 5) is 206. The lowest BCUT2D eigenvalue weighted by Crippen LogP contribution is -2.44. The predicted octanol–water partition coefficient (Wildman–Crippen LogP) is 8.02. The smallest absolute Gasteiger partial charge is 0.326 e. The molecular formula is C85H103Cl2FN12O20. The van der Waals surface area contributed by atoms with Gasteiger partial charge in [-0.3, -0.25) is 86.3 Å². The first-order valence-electron chi connectivity index (χ1n) is 36.8. The Balaban J connectivity index is 0.00000136. The van der Waals surface area contributed by atoms with Crippen LogP contribution >= 0.6 is 23.2 Å². The van der Waals surface area contributed by atoms with Gasteiger partial charge < -0.3 is 47.6 Å². The molecule has 0 spiro atoms. The summed E-state index contributed by atoms with van der Waals surface area (Å²) in [5, 5.41) is 43.2. The first-order chi connectivity index (χ1) is 55.9. The molecule has 0 aliphatic rings. The molecule has 644 valence electrons. The summed E-state index contributed by atoms with van der Waals surface area (Å²) in [5.74, 6) is -11.2. The predicted molar refractivity (Wildman–Crippen MR) is 443 cm³/mol. The van der Waals surface area contributed by atoms with Crippen LogP contribution in [0.5, 0.6) is 0 Å². The fourth-order valence-corrected chi connectivity index (χ4v) is 9.07. The molecule has 0 aliphatic carbocycles. The number of hydrogen-bond acceptors (Lipinski definition) is 22. The Morgan fingerprint density at radius 1 is 0.392 bits per heavy atom. The fraction of sp³-hybridized carbons (Fsp3) is 0.341. The van der Waals surface area contributed by atoms with Crippen LogP contribution in [-0.4, -0.2) is 155 Å². The number of halogens is 3. The number of aliphatic carboxylic acids is 1. The molecule has 35 heteroatoms. The quantitative estimate of drug-likeness (QED) is 0.0207. The summed E-state index contributed by atoms with van der Waals surface area (Å²) in [7, 11) is 0. The number of carboxylic acid groups (broad SMARTS) is 1. The molecule has 120 heavy (non-hydrogen) atoms. The standard InChI is InChI=1S/2C12H14ClNO2.C12H14FNO2.C12H13N5O2.C12H13NO4.C12H15NO2.C7H11NO3.C6H9NO3/c3*1-7-4-5-10(6-11(7)13)8(2)14-12(16)9(3)15;1-8(18)12(19)13-10(11-14-16-17-15-11)7-9-5-3-2-4-6-9;1-8(14)11(15)13-10(12(16)17)7-9-5-3-2-4-6-9;1-8-4-6-11(7-5-8)9(2)13-12(15)10(3)14;1-4(5(2)9)8-7(11)6(3)10;1-4(8)3-7-6(10)5(2)9/h3*4-6,8H,1-3H3,(H,14,16);2-6,10H,7H2,1H3,(H,13,19)(H,14,15,16,17);2-6,10H,7H2,1H3,(H,13,15)(H,16,17);4-7,9H,1-3H3,(H,13,15);4H,1-3H3,(H,8,11);3H2,1-2H3,(H,7,10). The molecule has 0 saturated carbocycles. The number of Topliss-reactive ketones (excluding diaryl/α,β-unsaturated/α-hetero) is 10. The number of aryl methyl sites for hydroxylation is 4. The van der Waals surface area contributed by atoms with Crippen molar-refractivity contribution in [3.8, 4) is 0 Å². The van der Waals surface area contributed by atoms with Gasteiger partial charge in [-0.15, -0.1) is 10.2 Å². The minimum absolute atomic E-state index is 0.0710. The molecule has 0 saturated heterocycles. The number of aromatic amines is 1. The second-order valence-electron chi connectivity index (χ2n) is 26.9. The normalized spacial score (nSPS) is 11.6. The molecule has 10 N–H and O–H groups in total. The molecule has 7 unspecified atom stereocenters. The van der Waals surface area contributed by atoms with Gasteiger partial charge in [0.1, 0.15) is 17.6 Å². The van der Waals surface area contributed by atoms with Gasteiger partial charge in [0.15, 0.2) is 11.6 Å². The maximum Gasteiger partial charge on any atom is 0.326 e. The fourth-order valence-electron chi connectivity index (χ4n) is 8.69. The number of rotatable bonds is 28. The zero-order valence-electron chi connectivity index (χ0n) is 70.1. The van der Waals surface area contributed by atoms with Crippen molar-refractivity contribution in [1.29, 1.82) is 0 Å². The Morgan fingerprint density at radius 3 is 1.04 bits per heavy atom. The highest BCUT2D eigenvalue weighted by molar-refractivity contribution is 6.38. The highest BCUT2D eigenvalue weighted by Gasteiger charge is 2.25. The number of amides is 8. The van der Waals surface area contributed by atoms with Gasteiger partial charge in [-0.1, -0.05) is 155 Å². The van der Waals surface area contributed by atoms with Crippen molar-refractivity contribution in [3.63, 3.8) is 0 Å². The summed E-state index contributed by atoms with van der Waals surface area (Å²) in [6.45, 7) is 28.3. The molecule has 1 aromatic heterocycles. The number of H-pyrrole nitrogens is 1. The van der Waals surface area contributed by atoms with E-state index in [0.717, 1.165) is 59.7 Å². The number of carbonyl (C=O) groups excluding carboxylic acids is 18. The number of hydrogen-bond donors (Lipinski definition) is 10. The minimum atomic E-state index is -1.16. The van der Waals surface area contributed by atoms with Crippen molar-refractivity contribution < 1.29 is 101 Å². The molecule has 0 radical (unpaired) electrons. The van der Waals surface area contributed by atoms with E-state index < -0.39 is 118 Å². The van der Waals surface area contributed by atoms with Gasteiger partial charge >= 0.3 is 5.97 Å². The Hall–Kier alpha value is -13.2. The Bertz CT molecular complexity index is 4570. The van der Waals surface area contributed by atoms with E-state index in [1.165, 1.54) is 67.0 Å². The number of nitrogens with one attached hydrogen (secondary N) is 9. The van der Waals surface area contributed by atoms with Gasteiger partial charge in [-0.05, 0) is 144 Å². The van der Waals surface area contributed by atoms with Crippen LogP contribution in [0, 0.1) is 33.5 Å². The van der Waals surface area contributed by atoms with E-state index in [4.69, 9.17) is 28.3 Å². The van der Waals surface area contributed by atoms with E-state index in [1.807, 2.05) is 126 Å². The Morgan fingerprint density at radius 2 is 0.717 bits per heavy atom. The van der Waals surface area contributed by atoms with Crippen molar-refractivity contribution in [1.82, 2.24) is 63.2 Å². The summed E-state index contributed by atoms with van der Waals surface area (Å²) in [5.41, 5.74) is 8.86. The molecule has 32 nitrogen and oxygen atoms in total. The third-order valence-electron chi connectivity index (χ3n) is 16.2. The van der Waals surface area contributed by atoms with Crippen molar-refractivity contribution in [2.45, 2.75) is 187 Å². The Kier molecular flexibility index (Phi) is 49.4. The van der Waals surface area contributed by atoms with E-state index in [0.29, 0.717) is 33.4 Å². The van der Waals surface area contributed by atoms with E-state index in [-0.39, 0.29) is 54.5 Å². The van der Waals surface area contributed by atoms with Gasteiger partial charge in [0.05, 0.1) is 42.8 Å². The number of ketones is 10. The third kappa shape index (κ3) is 44.2. The highest BCUT2D eigenvalue weighted by Crippen LogP contribution is 2.23. The van der Waals surface area contributed by atoms with Crippen LogP contribution in [0.25, 0.3) is 0 Å². The van der Waals surface area contributed by atoms with Crippen molar-refractivity contribution in [3.05, 3.63) is 217 Å². The first-order valence-corrected chi connectivity index (χ1v) is 37.5. The second kappa shape index (κ2) is 55.4. The summed E-state index contributed by atoms with van der Waals surface area (Å²) >= 11 is 12.0. The molecule has 7 rings (SSSR count). The van der Waals surface area contributed by atoms with Crippen molar-refractivity contribution in [2.24, 2.45) is 0 Å². The zero-order chi connectivity index (χ0) is 92.0. The average molecular weight is 1700 g/mol. The lowest BCUT2D eigenvalue weighted by molar-refractivity contribution is -0.143. The molecule has 1 heterocycles. The first kappa shape index (κ1) is 107. The van der Waals surface area contributed by atoms with Crippen molar-refractivity contribution >= 4 is 134 Å². The Labute approximate surface area is 704 Å². The minimum Gasteiger partial charge on any atom is -0.480 e. The number of carbonyl (C=O) groups is 19. The number of tetrazole rings is 1. The maximum absolute atomic E-state index is 13.3. The number of nitrogens with zero attached hydrogens (tertiary/aromatic N) is 3. The lowest BCUT2D eigenvalue weighted by Gasteiger charge is -2.14. The third-order valence-corrected chi connectivity index (χ3v) is 17.0. The van der Waals surface area contributed by atoms with Crippen LogP contribution in [0.1, 0.15) is 196 Å².